The van der Waals surface area contributed by atoms with Crippen molar-refractivity contribution in [3.63, 3.8) is 0 Å². The molecule has 8 heteroatoms. The standard InChI is InChI=1S/C6H9NO3.3CO.Fe/c1-4(6(9)10-3)7-5(2)8;3*1-2;/h1H2,2-3H3,(H,7,8);;;;. The van der Waals surface area contributed by atoms with E-state index < -0.39 is 18.6 Å². The van der Waals surface area contributed by atoms with Crippen molar-refractivity contribution in [3.8, 4) is 0 Å². The monoisotopic (exact) mass is 283 g/mol. The maximum atomic E-state index is 10.5. The van der Waals surface area contributed by atoms with Crippen molar-refractivity contribution < 1.29 is 41.3 Å². The second-order valence-corrected chi connectivity index (χ2v) is 3.64. The molecule has 0 aliphatic carbocycles. The van der Waals surface area contributed by atoms with Gasteiger partial charge in [0.15, 0.2) is 0 Å². The number of hydrogen-bond donors (Lipinski definition) is 1. The van der Waals surface area contributed by atoms with Gasteiger partial charge in [-0.15, -0.1) is 0 Å². The number of carbonyl (C=O) groups excluding carboxylic acids is 5. The summed E-state index contributed by atoms with van der Waals surface area (Å²) in [5.74, 6) is -0.967. The zero-order valence-corrected chi connectivity index (χ0v) is 10.1. The summed E-state index contributed by atoms with van der Waals surface area (Å²) in [5, 5.41) is 2.19. The molecule has 0 heterocycles. The van der Waals surface area contributed by atoms with Crippen molar-refractivity contribution in [1.29, 1.82) is 0 Å². The summed E-state index contributed by atoms with van der Waals surface area (Å²) >= 11 is -2.12. The van der Waals surface area contributed by atoms with E-state index >= 15 is 0 Å². The van der Waals surface area contributed by atoms with Crippen LogP contribution in [0.4, 0.5) is 0 Å². The molecule has 0 aromatic heterocycles. The summed E-state index contributed by atoms with van der Waals surface area (Å²) in [5.41, 5.74) is -0.0463. The summed E-state index contributed by atoms with van der Waals surface area (Å²) in [6, 6.07) is 0. The van der Waals surface area contributed by atoms with Crippen LogP contribution in [0.3, 0.4) is 0 Å². The van der Waals surface area contributed by atoms with Crippen LogP contribution in [0.25, 0.3) is 0 Å². The Balaban J connectivity index is 0. The predicted octanol–water partition coefficient (Wildman–Crippen LogP) is -1.38. The number of hydrogen-bond acceptors (Lipinski definition) is 6. The molecule has 0 atom stereocenters. The van der Waals surface area contributed by atoms with Gasteiger partial charge in [0.2, 0.25) is 5.91 Å². The van der Waals surface area contributed by atoms with Gasteiger partial charge in [-0.3, -0.25) is 4.79 Å². The quantitative estimate of drug-likeness (QED) is 0.380. The fourth-order valence-electron chi connectivity index (χ4n) is 0.431. The van der Waals surface area contributed by atoms with E-state index in [1.54, 1.807) is 0 Å². The Morgan fingerprint density at radius 1 is 1.18 bits per heavy atom. The Hall–Kier alpha value is -2.06. The SMILES string of the molecule is C=C(NC(C)=O)C(=O)OC.O=[C]=[Fe](=[C]=O)=[C]=O. The van der Waals surface area contributed by atoms with Crippen LogP contribution in [0.1, 0.15) is 6.92 Å². The molecule has 0 spiro atoms. The van der Waals surface area contributed by atoms with Crippen molar-refractivity contribution in [2.45, 2.75) is 6.92 Å². The molecule has 1 amide bonds. The molecule has 0 unspecified atom stereocenters. The van der Waals surface area contributed by atoms with E-state index in [0.29, 0.717) is 0 Å². The van der Waals surface area contributed by atoms with Crippen LogP contribution in [-0.4, -0.2) is 33.3 Å². The summed E-state index contributed by atoms with van der Waals surface area (Å²) < 4.78 is 4.26. The normalized spacial score (nSPS) is 7.47. The molecule has 0 aromatic rings. The zero-order valence-electron chi connectivity index (χ0n) is 9.01. The van der Waals surface area contributed by atoms with Crippen LogP contribution in [0.5, 0.6) is 0 Å². The van der Waals surface area contributed by atoms with Crippen LogP contribution in [0.15, 0.2) is 12.3 Å². The van der Waals surface area contributed by atoms with E-state index in [-0.39, 0.29) is 11.6 Å². The first-order valence-corrected chi connectivity index (χ1v) is 5.42. The molecule has 0 fully saturated rings. The number of amides is 1. The topological polar surface area (TPSA) is 107 Å². The molecule has 0 radical (unpaired) electrons. The molecule has 0 saturated carbocycles. The molecule has 17 heavy (non-hydrogen) atoms. The summed E-state index contributed by atoms with van der Waals surface area (Å²) in [6.07, 6.45) is 0. The molecule has 7 nitrogen and oxygen atoms in total. The summed E-state index contributed by atoms with van der Waals surface area (Å²) in [4.78, 5) is 52.4. The Morgan fingerprint density at radius 3 is 1.76 bits per heavy atom. The van der Waals surface area contributed by atoms with Crippen LogP contribution in [-0.2, 0) is 41.3 Å². The third-order valence-corrected chi connectivity index (χ3v) is 1.65. The van der Waals surface area contributed by atoms with Gasteiger partial charge in [0.05, 0.1) is 7.11 Å². The number of methoxy groups -OCH3 is 1. The van der Waals surface area contributed by atoms with Crippen molar-refractivity contribution in [1.82, 2.24) is 5.32 Å². The molecule has 0 aliphatic rings. The van der Waals surface area contributed by atoms with E-state index in [1.807, 2.05) is 0 Å². The summed E-state index contributed by atoms with van der Waals surface area (Å²) in [7, 11) is 1.22. The van der Waals surface area contributed by atoms with Gasteiger partial charge in [-0.25, -0.2) is 4.79 Å². The van der Waals surface area contributed by atoms with Gasteiger partial charge in [-0.2, -0.15) is 0 Å². The minimum atomic E-state index is -2.12. The van der Waals surface area contributed by atoms with Crippen LogP contribution in [0.2, 0.25) is 0 Å². The van der Waals surface area contributed by atoms with Crippen molar-refractivity contribution in [3.05, 3.63) is 12.3 Å². The van der Waals surface area contributed by atoms with Gasteiger partial charge in [0.1, 0.15) is 5.70 Å². The van der Waals surface area contributed by atoms with Gasteiger partial charge in [0.25, 0.3) is 0 Å². The molecule has 0 saturated heterocycles. The van der Waals surface area contributed by atoms with E-state index in [1.165, 1.54) is 28.4 Å². The minimum absolute atomic E-state index is 0.0463. The number of nitrogens with one attached hydrogen (secondary N) is 1. The Kier molecular flexibility index (Phi) is 10.7. The first-order chi connectivity index (χ1) is 7.92. The van der Waals surface area contributed by atoms with E-state index in [4.69, 9.17) is 0 Å². The molecule has 94 valence electrons. The molecule has 1 N–H and O–H groups in total. The average Bonchev–Trinajstić information content (AvgIpc) is 2.30. The first-order valence-electron chi connectivity index (χ1n) is 3.77. The fraction of sp³-hybridized carbons (Fsp3) is 0.222. The van der Waals surface area contributed by atoms with E-state index in [0.717, 1.165) is 0 Å². The van der Waals surface area contributed by atoms with Gasteiger partial charge in [0, 0.05) is 6.92 Å². The zero-order chi connectivity index (χ0) is 13.8. The maximum absolute atomic E-state index is 10.5. The molecule has 0 bridgehead atoms. The molecule has 0 rings (SSSR count). The number of esters is 1. The Bertz CT molecular complexity index is 482. The molecule has 0 aromatic carbocycles. The van der Waals surface area contributed by atoms with Crippen molar-refractivity contribution in [2.24, 2.45) is 0 Å². The third kappa shape index (κ3) is 10.2. The van der Waals surface area contributed by atoms with Gasteiger partial charge in [-0.1, -0.05) is 6.58 Å². The average molecular weight is 283 g/mol. The Labute approximate surface area is 99.6 Å². The molecular weight excluding hydrogens is 274 g/mol. The van der Waals surface area contributed by atoms with Gasteiger partial charge >= 0.3 is 47.3 Å². The van der Waals surface area contributed by atoms with Crippen molar-refractivity contribution >= 4 is 26.2 Å². The van der Waals surface area contributed by atoms with Crippen LogP contribution < -0.4 is 5.32 Å². The van der Waals surface area contributed by atoms with E-state index in [9.17, 15) is 24.0 Å². The van der Waals surface area contributed by atoms with Gasteiger partial charge < -0.3 is 10.1 Å². The Morgan fingerprint density at radius 2 is 1.59 bits per heavy atom. The molecular formula is C9H9FeNO6. The predicted molar refractivity (Wildman–Crippen MR) is 52.1 cm³/mol. The third-order valence-electron chi connectivity index (χ3n) is 0.975. The molecule has 0 aliphatic heterocycles. The number of carbonyl (C=O) groups is 2. The number of rotatable bonds is 2. The van der Waals surface area contributed by atoms with Crippen LogP contribution in [0, 0.1) is 0 Å². The van der Waals surface area contributed by atoms with Gasteiger partial charge in [-0.05, 0) is 0 Å². The fourth-order valence-corrected chi connectivity index (χ4v) is 0.569. The number of ether oxygens (including phenoxy) is 1. The van der Waals surface area contributed by atoms with Crippen molar-refractivity contribution in [2.75, 3.05) is 7.11 Å². The second kappa shape index (κ2) is 10.5. The second-order valence-electron chi connectivity index (χ2n) is 2.13. The summed E-state index contributed by atoms with van der Waals surface area (Å²) in [6.45, 7) is 4.54. The van der Waals surface area contributed by atoms with Crippen LogP contribution >= 0.6 is 0 Å². The first kappa shape index (κ1) is 17.3. The van der Waals surface area contributed by atoms with E-state index in [2.05, 4.69) is 16.6 Å².